The van der Waals surface area contributed by atoms with Crippen LogP contribution in [0.2, 0.25) is 0 Å². The van der Waals surface area contributed by atoms with Crippen molar-refractivity contribution in [2.45, 2.75) is 0 Å². The summed E-state index contributed by atoms with van der Waals surface area (Å²) in [4.78, 5) is 16.7. The Balaban J connectivity index is 2.15. The van der Waals surface area contributed by atoms with Gasteiger partial charge in [0.2, 0.25) is 11.5 Å². The molecule has 1 aromatic carbocycles. The first kappa shape index (κ1) is 12.2. The van der Waals surface area contributed by atoms with Gasteiger partial charge >= 0.3 is 0 Å². The lowest BCUT2D eigenvalue weighted by atomic mass is 10.1. The molecule has 100 valence electrons. The van der Waals surface area contributed by atoms with E-state index in [0.717, 1.165) is 0 Å². The molecule has 5 heteroatoms. The third kappa shape index (κ3) is 1.80. The van der Waals surface area contributed by atoms with Crippen LogP contribution in [-0.4, -0.2) is 17.9 Å². The molecule has 5 nitrogen and oxygen atoms in total. The molecule has 0 aliphatic rings. The third-order valence-corrected chi connectivity index (χ3v) is 3.04. The van der Waals surface area contributed by atoms with Gasteiger partial charge in [0.05, 0.1) is 12.7 Å². The lowest BCUT2D eigenvalue weighted by Gasteiger charge is -2.05. The fraction of sp³-hybridized carbons (Fsp3) is 0.0667. The number of methoxy groups -OCH3 is 1. The maximum Gasteiger partial charge on any atom is 0.234 e. The number of furan rings is 1. The summed E-state index contributed by atoms with van der Waals surface area (Å²) in [5.74, 6) is 0.242. The lowest BCUT2D eigenvalue weighted by Crippen LogP contribution is -2.05. The quantitative estimate of drug-likeness (QED) is 0.739. The Kier molecular flexibility index (Phi) is 2.87. The Morgan fingerprint density at radius 3 is 2.80 bits per heavy atom. The molecular weight excluding hydrogens is 256 g/mol. The van der Waals surface area contributed by atoms with Crippen molar-refractivity contribution in [3.63, 3.8) is 0 Å². The molecule has 0 bridgehead atoms. The standard InChI is InChI=1S/C15H12N2O3/c1-19-10-6-3-2-5-9(10)14(18)15-12(16)13-11(20-15)7-4-8-17-13/h2-8H,16H2,1H3. The number of para-hydroxylation sites is 1. The highest BCUT2D eigenvalue weighted by molar-refractivity contribution is 6.15. The minimum Gasteiger partial charge on any atom is -0.496 e. The van der Waals surface area contributed by atoms with E-state index in [0.29, 0.717) is 22.4 Å². The number of anilines is 1. The monoisotopic (exact) mass is 268 g/mol. The number of carbonyl (C=O) groups is 1. The Morgan fingerprint density at radius 1 is 1.25 bits per heavy atom. The van der Waals surface area contributed by atoms with Crippen molar-refractivity contribution in [2.24, 2.45) is 0 Å². The van der Waals surface area contributed by atoms with Crippen LogP contribution in [0.4, 0.5) is 5.69 Å². The summed E-state index contributed by atoms with van der Waals surface area (Å²) in [6.07, 6.45) is 1.60. The summed E-state index contributed by atoms with van der Waals surface area (Å²) >= 11 is 0. The van der Waals surface area contributed by atoms with Crippen molar-refractivity contribution in [1.82, 2.24) is 4.98 Å². The normalized spacial score (nSPS) is 10.7. The molecule has 0 saturated carbocycles. The smallest absolute Gasteiger partial charge is 0.234 e. The van der Waals surface area contributed by atoms with Crippen molar-refractivity contribution >= 4 is 22.6 Å². The average Bonchev–Trinajstić information content (AvgIpc) is 2.84. The van der Waals surface area contributed by atoms with Crippen molar-refractivity contribution in [1.29, 1.82) is 0 Å². The molecule has 0 radical (unpaired) electrons. The molecular formula is C15H12N2O3. The highest BCUT2D eigenvalue weighted by atomic mass is 16.5. The molecule has 0 aliphatic carbocycles. The second kappa shape index (κ2) is 4.70. The van der Waals surface area contributed by atoms with Crippen LogP contribution in [0.25, 0.3) is 11.1 Å². The number of nitrogens with zero attached hydrogens (tertiary/aromatic N) is 1. The number of pyridine rings is 1. The van der Waals surface area contributed by atoms with Crippen LogP contribution < -0.4 is 10.5 Å². The number of ketones is 1. The zero-order valence-corrected chi connectivity index (χ0v) is 10.8. The van der Waals surface area contributed by atoms with Crippen LogP contribution >= 0.6 is 0 Å². The number of benzene rings is 1. The Morgan fingerprint density at radius 2 is 2.05 bits per heavy atom. The van der Waals surface area contributed by atoms with E-state index < -0.39 is 0 Å². The second-order valence-electron chi connectivity index (χ2n) is 4.22. The van der Waals surface area contributed by atoms with Gasteiger partial charge < -0.3 is 14.9 Å². The number of hydrogen-bond acceptors (Lipinski definition) is 5. The summed E-state index contributed by atoms with van der Waals surface area (Å²) in [6.45, 7) is 0. The van der Waals surface area contributed by atoms with E-state index >= 15 is 0 Å². The molecule has 2 heterocycles. The lowest BCUT2D eigenvalue weighted by molar-refractivity contribution is 0.101. The van der Waals surface area contributed by atoms with Crippen LogP contribution in [0.1, 0.15) is 16.1 Å². The van der Waals surface area contributed by atoms with Crippen molar-refractivity contribution in [3.05, 3.63) is 53.9 Å². The largest absolute Gasteiger partial charge is 0.496 e. The van der Waals surface area contributed by atoms with Crippen molar-refractivity contribution < 1.29 is 13.9 Å². The minimum absolute atomic E-state index is 0.0863. The predicted octanol–water partition coefficient (Wildman–Crippen LogP) is 2.65. The van der Waals surface area contributed by atoms with E-state index in [1.165, 1.54) is 7.11 Å². The van der Waals surface area contributed by atoms with E-state index in [2.05, 4.69) is 4.98 Å². The zero-order chi connectivity index (χ0) is 14.1. The van der Waals surface area contributed by atoms with Gasteiger partial charge in [-0.25, -0.2) is 0 Å². The molecule has 0 spiro atoms. The number of ether oxygens (including phenoxy) is 1. The Bertz CT molecular complexity index is 793. The van der Waals surface area contributed by atoms with E-state index in [-0.39, 0.29) is 17.2 Å². The van der Waals surface area contributed by atoms with Gasteiger partial charge in [-0.15, -0.1) is 0 Å². The fourth-order valence-corrected chi connectivity index (χ4v) is 2.07. The molecule has 0 saturated heterocycles. The molecule has 0 aliphatic heterocycles. The van der Waals surface area contributed by atoms with E-state index in [9.17, 15) is 4.79 Å². The van der Waals surface area contributed by atoms with Crippen LogP contribution in [0.15, 0.2) is 47.0 Å². The number of aromatic nitrogens is 1. The van der Waals surface area contributed by atoms with Gasteiger partial charge in [-0.1, -0.05) is 12.1 Å². The van der Waals surface area contributed by atoms with Gasteiger partial charge in [-0.3, -0.25) is 9.78 Å². The third-order valence-electron chi connectivity index (χ3n) is 3.04. The number of hydrogen-bond donors (Lipinski definition) is 1. The molecule has 0 amide bonds. The second-order valence-corrected chi connectivity index (χ2v) is 4.22. The number of carbonyl (C=O) groups excluding carboxylic acids is 1. The van der Waals surface area contributed by atoms with Gasteiger partial charge in [0.25, 0.3) is 0 Å². The first-order valence-corrected chi connectivity index (χ1v) is 6.03. The van der Waals surface area contributed by atoms with Gasteiger partial charge in [0.1, 0.15) is 17.0 Å². The number of nitrogen functional groups attached to an aromatic ring is 1. The van der Waals surface area contributed by atoms with Gasteiger partial charge in [0.15, 0.2) is 5.58 Å². The zero-order valence-electron chi connectivity index (χ0n) is 10.8. The minimum atomic E-state index is -0.321. The van der Waals surface area contributed by atoms with Gasteiger partial charge in [0, 0.05) is 6.20 Å². The highest BCUT2D eigenvalue weighted by Gasteiger charge is 2.22. The first-order chi connectivity index (χ1) is 9.72. The summed E-state index contributed by atoms with van der Waals surface area (Å²) in [5, 5.41) is 0. The maximum atomic E-state index is 12.5. The maximum absolute atomic E-state index is 12.5. The first-order valence-electron chi connectivity index (χ1n) is 6.03. The van der Waals surface area contributed by atoms with Crippen LogP contribution in [0, 0.1) is 0 Å². The molecule has 3 rings (SSSR count). The number of nitrogens with two attached hydrogens (primary N) is 1. The van der Waals surface area contributed by atoms with Crippen molar-refractivity contribution in [3.8, 4) is 5.75 Å². The summed E-state index contributed by atoms with van der Waals surface area (Å²) in [6, 6.07) is 10.4. The van der Waals surface area contributed by atoms with E-state index in [1.807, 2.05) is 0 Å². The number of rotatable bonds is 3. The Labute approximate surface area is 115 Å². The molecule has 2 N–H and O–H groups in total. The highest BCUT2D eigenvalue weighted by Crippen LogP contribution is 2.30. The summed E-state index contributed by atoms with van der Waals surface area (Å²) in [7, 11) is 1.51. The molecule has 2 aromatic heterocycles. The molecule has 20 heavy (non-hydrogen) atoms. The number of fused-ring (bicyclic) bond motifs is 1. The molecule has 0 unspecified atom stereocenters. The van der Waals surface area contributed by atoms with Crippen LogP contribution in [-0.2, 0) is 0 Å². The van der Waals surface area contributed by atoms with E-state index in [4.69, 9.17) is 14.9 Å². The predicted molar refractivity (Wildman–Crippen MR) is 74.8 cm³/mol. The molecule has 0 fully saturated rings. The summed E-state index contributed by atoms with van der Waals surface area (Å²) in [5.41, 5.74) is 7.58. The van der Waals surface area contributed by atoms with Crippen molar-refractivity contribution in [2.75, 3.05) is 12.8 Å². The molecule has 3 aromatic rings. The van der Waals surface area contributed by atoms with Gasteiger partial charge in [-0.2, -0.15) is 0 Å². The Hall–Kier alpha value is -2.82. The topological polar surface area (TPSA) is 78.3 Å². The van der Waals surface area contributed by atoms with E-state index in [1.54, 1.807) is 42.6 Å². The average molecular weight is 268 g/mol. The van der Waals surface area contributed by atoms with Gasteiger partial charge in [-0.05, 0) is 24.3 Å². The molecule has 0 atom stereocenters. The van der Waals surface area contributed by atoms with Crippen LogP contribution in [0.3, 0.4) is 0 Å². The van der Waals surface area contributed by atoms with Crippen LogP contribution in [0.5, 0.6) is 5.75 Å². The SMILES string of the molecule is COc1ccccc1C(=O)c1oc2cccnc2c1N. The summed E-state index contributed by atoms with van der Waals surface area (Å²) < 4.78 is 10.7. The fourth-order valence-electron chi connectivity index (χ4n) is 2.07.